The van der Waals surface area contributed by atoms with Gasteiger partial charge in [-0.15, -0.1) is 0 Å². The summed E-state index contributed by atoms with van der Waals surface area (Å²) in [6, 6.07) is 0. The Hall–Kier alpha value is -0.0800. The van der Waals surface area contributed by atoms with Crippen LogP contribution in [-0.4, -0.2) is 23.4 Å². The minimum atomic E-state index is -0.209. The maximum Gasteiger partial charge on any atom is 0.0837 e. The van der Waals surface area contributed by atoms with Crippen molar-refractivity contribution in [2.75, 3.05) is 0 Å². The van der Waals surface area contributed by atoms with Crippen LogP contribution < -0.4 is 0 Å². The van der Waals surface area contributed by atoms with Crippen LogP contribution in [0.2, 0.25) is 0 Å². The molecule has 0 heterocycles. The van der Waals surface area contributed by atoms with Gasteiger partial charge in [0.25, 0.3) is 0 Å². The monoisotopic (exact) mass is 240 g/mol. The van der Waals surface area contributed by atoms with Crippen LogP contribution in [-0.2, 0) is 4.74 Å². The Morgan fingerprint density at radius 1 is 1.00 bits per heavy atom. The van der Waals surface area contributed by atoms with E-state index in [0.29, 0.717) is 6.10 Å². The lowest BCUT2D eigenvalue weighted by Gasteiger charge is -2.33. The number of hydrogen-bond donors (Lipinski definition) is 1. The highest BCUT2D eigenvalue weighted by molar-refractivity contribution is 4.78. The lowest BCUT2D eigenvalue weighted by molar-refractivity contribution is -0.0951. The SMILES string of the molecule is CCC1CCCC(OC2CCCCCC2O)C1. The molecule has 4 unspecified atom stereocenters. The molecular formula is C15H28O2. The molecule has 17 heavy (non-hydrogen) atoms. The zero-order valence-electron chi connectivity index (χ0n) is 11.2. The first kappa shape index (κ1) is 13.4. The Morgan fingerprint density at radius 2 is 1.82 bits per heavy atom. The first-order valence-electron chi connectivity index (χ1n) is 7.63. The van der Waals surface area contributed by atoms with E-state index in [2.05, 4.69) is 6.92 Å². The first-order chi connectivity index (χ1) is 8.29. The molecule has 2 heteroatoms. The van der Waals surface area contributed by atoms with Crippen molar-refractivity contribution in [3.63, 3.8) is 0 Å². The quantitative estimate of drug-likeness (QED) is 0.763. The van der Waals surface area contributed by atoms with Gasteiger partial charge in [0, 0.05) is 0 Å². The standard InChI is InChI=1S/C15H28O2/c1-2-12-7-6-8-13(11-12)17-15-10-5-3-4-9-14(15)16/h12-16H,2-11H2,1H3. The van der Waals surface area contributed by atoms with Gasteiger partial charge < -0.3 is 9.84 Å². The van der Waals surface area contributed by atoms with Crippen LogP contribution in [0.4, 0.5) is 0 Å². The Kier molecular flexibility index (Phi) is 5.30. The second-order valence-electron chi connectivity index (χ2n) is 5.94. The normalized spacial score (nSPS) is 39.9. The van der Waals surface area contributed by atoms with E-state index in [1.54, 1.807) is 0 Å². The van der Waals surface area contributed by atoms with Crippen LogP contribution in [0.15, 0.2) is 0 Å². The Balaban J connectivity index is 1.81. The van der Waals surface area contributed by atoms with E-state index in [4.69, 9.17) is 4.74 Å². The lowest BCUT2D eigenvalue weighted by Crippen LogP contribution is -2.34. The highest BCUT2D eigenvalue weighted by atomic mass is 16.5. The molecule has 0 saturated heterocycles. The molecular weight excluding hydrogens is 212 g/mol. The van der Waals surface area contributed by atoms with Crippen LogP contribution in [0.1, 0.15) is 71.1 Å². The van der Waals surface area contributed by atoms with E-state index in [1.165, 1.54) is 51.4 Å². The van der Waals surface area contributed by atoms with Crippen molar-refractivity contribution in [2.45, 2.75) is 89.4 Å². The molecule has 2 fully saturated rings. The molecule has 0 aliphatic heterocycles. The molecule has 0 aromatic rings. The Morgan fingerprint density at radius 3 is 2.65 bits per heavy atom. The van der Waals surface area contributed by atoms with Crippen molar-refractivity contribution >= 4 is 0 Å². The molecule has 0 amide bonds. The number of rotatable bonds is 3. The largest absolute Gasteiger partial charge is 0.390 e. The topological polar surface area (TPSA) is 29.5 Å². The lowest BCUT2D eigenvalue weighted by atomic mass is 9.85. The fourth-order valence-corrected chi connectivity index (χ4v) is 3.40. The van der Waals surface area contributed by atoms with E-state index < -0.39 is 0 Å². The summed E-state index contributed by atoms with van der Waals surface area (Å²) in [5.74, 6) is 0.858. The van der Waals surface area contributed by atoms with Crippen LogP contribution in [0.5, 0.6) is 0 Å². The van der Waals surface area contributed by atoms with Crippen molar-refractivity contribution in [3.05, 3.63) is 0 Å². The minimum absolute atomic E-state index is 0.123. The summed E-state index contributed by atoms with van der Waals surface area (Å²) < 4.78 is 6.21. The van der Waals surface area contributed by atoms with Gasteiger partial charge in [0.1, 0.15) is 0 Å². The van der Waals surface area contributed by atoms with Crippen molar-refractivity contribution in [1.29, 1.82) is 0 Å². The maximum absolute atomic E-state index is 10.1. The van der Waals surface area contributed by atoms with Crippen LogP contribution >= 0.6 is 0 Å². The third-order valence-electron chi connectivity index (χ3n) is 4.60. The number of aliphatic hydroxyl groups excluding tert-OH is 1. The molecule has 0 aromatic heterocycles. The molecule has 1 N–H and O–H groups in total. The van der Waals surface area contributed by atoms with Gasteiger partial charge in [-0.1, -0.05) is 45.4 Å². The average Bonchev–Trinajstić information content (AvgIpc) is 2.55. The third-order valence-corrected chi connectivity index (χ3v) is 4.60. The summed E-state index contributed by atoms with van der Waals surface area (Å²) >= 11 is 0. The molecule has 100 valence electrons. The Labute approximate surface area is 106 Å². The molecule has 4 atom stereocenters. The van der Waals surface area contributed by atoms with Gasteiger partial charge in [-0.05, 0) is 31.6 Å². The summed E-state index contributed by atoms with van der Waals surface area (Å²) in [6.07, 6.45) is 12.4. The van der Waals surface area contributed by atoms with Gasteiger partial charge in [-0.2, -0.15) is 0 Å². The van der Waals surface area contributed by atoms with Crippen molar-refractivity contribution in [2.24, 2.45) is 5.92 Å². The fourth-order valence-electron chi connectivity index (χ4n) is 3.40. The summed E-state index contributed by atoms with van der Waals surface area (Å²) in [5, 5.41) is 10.1. The zero-order valence-corrected chi connectivity index (χ0v) is 11.2. The summed E-state index contributed by atoms with van der Waals surface area (Å²) in [7, 11) is 0. The molecule has 2 saturated carbocycles. The molecule has 0 bridgehead atoms. The fraction of sp³-hybridized carbons (Fsp3) is 1.00. The molecule has 0 aromatic carbocycles. The Bertz CT molecular complexity index is 217. The van der Waals surface area contributed by atoms with Crippen LogP contribution in [0, 0.1) is 5.92 Å². The number of aliphatic hydroxyl groups is 1. The van der Waals surface area contributed by atoms with Crippen LogP contribution in [0.25, 0.3) is 0 Å². The summed E-state index contributed by atoms with van der Waals surface area (Å²) in [4.78, 5) is 0. The van der Waals surface area contributed by atoms with Gasteiger partial charge in [0.15, 0.2) is 0 Å². The third kappa shape index (κ3) is 3.96. The van der Waals surface area contributed by atoms with Crippen molar-refractivity contribution in [3.8, 4) is 0 Å². The molecule has 2 rings (SSSR count). The van der Waals surface area contributed by atoms with Crippen molar-refractivity contribution < 1.29 is 9.84 Å². The zero-order chi connectivity index (χ0) is 12.1. The average molecular weight is 240 g/mol. The predicted octanol–water partition coefficient (Wildman–Crippen LogP) is 3.67. The molecule has 2 aliphatic rings. The molecule has 0 spiro atoms. The van der Waals surface area contributed by atoms with Gasteiger partial charge in [-0.3, -0.25) is 0 Å². The predicted molar refractivity (Wildman–Crippen MR) is 70.0 cm³/mol. The molecule has 2 nitrogen and oxygen atoms in total. The van der Waals surface area contributed by atoms with Gasteiger partial charge in [-0.25, -0.2) is 0 Å². The van der Waals surface area contributed by atoms with Crippen molar-refractivity contribution in [1.82, 2.24) is 0 Å². The smallest absolute Gasteiger partial charge is 0.0837 e. The van der Waals surface area contributed by atoms with Gasteiger partial charge in [0.05, 0.1) is 18.3 Å². The molecule has 0 radical (unpaired) electrons. The van der Waals surface area contributed by atoms with E-state index in [0.717, 1.165) is 18.8 Å². The summed E-state index contributed by atoms with van der Waals surface area (Å²) in [6.45, 7) is 2.29. The second-order valence-corrected chi connectivity index (χ2v) is 5.94. The van der Waals surface area contributed by atoms with Crippen LogP contribution in [0.3, 0.4) is 0 Å². The van der Waals surface area contributed by atoms with E-state index in [9.17, 15) is 5.11 Å². The highest BCUT2D eigenvalue weighted by Crippen LogP contribution is 2.31. The number of ether oxygens (including phenoxy) is 1. The van der Waals surface area contributed by atoms with Gasteiger partial charge in [0.2, 0.25) is 0 Å². The molecule has 2 aliphatic carbocycles. The van der Waals surface area contributed by atoms with E-state index >= 15 is 0 Å². The van der Waals surface area contributed by atoms with E-state index in [1.807, 2.05) is 0 Å². The number of hydrogen-bond acceptors (Lipinski definition) is 2. The summed E-state index contributed by atoms with van der Waals surface area (Å²) in [5.41, 5.74) is 0. The first-order valence-corrected chi connectivity index (χ1v) is 7.63. The highest BCUT2D eigenvalue weighted by Gasteiger charge is 2.28. The maximum atomic E-state index is 10.1. The van der Waals surface area contributed by atoms with E-state index in [-0.39, 0.29) is 12.2 Å². The van der Waals surface area contributed by atoms with Gasteiger partial charge >= 0.3 is 0 Å². The second kappa shape index (κ2) is 6.75. The minimum Gasteiger partial charge on any atom is -0.390 e.